The molecule has 0 aromatic rings. The van der Waals surface area contributed by atoms with Crippen molar-refractivity contribution in [1.82, 2.24) is 5.32 Å². The Morgan fingerprint density at radius 1 is 1.55 bits per heavy atom. The number of rotatable bonds is 3. The van der Waals surface area contributed by atoms with Gasteiger partial charge in [-0.25, -0.2) is 0 Å². The van der Waals surface area contributed by atoms with E-state index < -0.39 is 0 Å². The van der Waals surface area contributed by atoms with Crippen LogP contribution in [0.4, 0.5) is 0 Å². The molecule has 0 aliphatic carbocycles. The lowest BCUT2D eigenvalue weighted by molar-refractivity contribution is -0.119. The number of carbonyl (C=O) groups excluding carboxylic acids is 1. The van der Waals surface area contributed by atoms with Crippen molar-refractivity contribution < 1.29 is 4.79 Å². The maximum atomic E-state index is 10.6. The Morgan fingerprint density at radius 3 is 2.27 bits per heavy atom. The number of hydrogen-bond donors (Lipinski definition) is 2. The molecule has 0 bridgehead atoms. The van der Waals surface area contributed by atoms with Crippen LogP contribution in [0.25, 0.3) is 0 Å². The van der Waals surface area contributed by atoms with E-state index in [1.807, 2.05) is 0 Å². The van der Waals surface area contributed by atoms with Crippen LogP contribution in [-0.2, 0) is 4.79 Å². The minimum absolute atomic E-state index is 0.198. The molecule has 0 spiro atoms. The SMILES string of the molecule is C[C@H](NCC(C)(C)C)C(N)=O. The van der Waals surface area contributed by atoms with Gasteiger partial charge in [0.1, 0.15) is 0 Å². The fraction of sp³-hybridized carbons (Fsp3) is 0.875. The zero-order chi connectivity index (χ0) is 9.07. The maximum Gasteiger partial charge on any atom is 0.234 e. The van der Waals surface area contributed by atoms with Crippen molar-refractivity contribution in [3.8, 4) is 0 Å². The van der Waals surface area contributed by atoms with Crippen molar-refractivity contribution in [2.75, 3.05) is 6.54 Å². The van der Waals surface area contributed by atoms with E-state index in [-0.39, 0.29) is 17.4 Å². The Labute approximate surface area is 68.3 Å². The molecule has 66 valence electrons. The van der Waals surface area contributed by atoms with Crippen LogP contribution in [-0.4, -0.2) is 18.5 Å². The van der Waals surface area contributed by atoms with Crippen molar-refractivity contribution in [2.24, 2.45) is 11.1 Å². The summed E-state index contributed by atoms with van der Waals surface area (Å²) in [7, 11) is 0. The molecule has 1 amide bonds. The van der Waals surface area contributed by atoms with E-state index in [0.717, 1.165) is 6.54 Å². The number of nitrogens with two attached hydrogens (primary N) is 1. The third kappa shape index (κ3) is 5.85. The first-order valence-electron chi connectivity index (χ1n) is 3.85. The monoisotopic (exact) mass is 158 g/mol. The molecular formula is C8H18N2O. The van der Waals surface area contributed by atoms with Crippen LogP contribution in [0.1, 0.15) is 27.7 Å². The van der Waals surface area contributed by atoms with E-state index in [1.54, 1.807) is 6.92 Å². The first-order valence-corrected chi connectivity index (χ1v) is 3.85. The van der Waals surface area contributed by atoms with Gasteiger partial charge in [0.15, 0.2) is 0 Å². The summed E-state index contributed by atoms with van der Waals surface area (Å²) in [5.74, 6) is -0.297. The fourth-order valence-electron chi connectivity index (χ4n) is 0.560. The quantitative estimate of drug-likeness (QED) is 0.628. The summed E-state index contributed by atoms with van der Waals surface area (Å²) >= 11 is 0. The molecule has 0 radical (unpaired) electrons. The van der Waals surface area contributed by atoms with Gasteiger partial charge in [0.25, 0.3) is 0 Å². The smallest absolute Gasteiger partial charge is 0.234 e. The van der Waals surface area contributed by atoms with E-state index in [2.05, 4.69) is 26.1 Å². The highest BCUT2D eigenvalue weighted by molar-refractivity contribution is 5.79. The number of nitrogens with one attached hydrogen (secondary N) is 1. The van der Waals surface area contributed by atoms with Gasteiger partial charge in [-0.05, 0) is 12.3 Å². The topological polar surface area (TPSA) is 55.1 Å². The Bertz CT molecular complexity index is 138. The van der Waals surface area contributed by atoms with Gasteiger partial charge in [-0.3, -0.25) is 4.79 Å². The molecule has 3 N–H and O–H groups in total. The first-order chi connectivity index (χ1) is 4.83. The van der Waals surface area contributed by atoms with Gasteiger partial charge in [-0.2, -0.15) is 0 Å². The van der Waals surface area contributed by atoms with Gasteiger partial charge in [-0.15, -0.1) is 0 Å². The highest BCUT2D eigenvalue weighted by Crippen LogP contribution is 2.10. The van der Waals surface area contributed by atoms with Crippen molar-refractivity contribution in [3.63, 3.8) is 0 Å². The molecule has 3 nitrogen and oxygen atoms in total. The second-order valence-corrected chi connectivity index (χ2v) is 4.07. The summed E-state index contributed by atoms with van der Waals surface area (Å²) in [6.07, 6.45) is 0. The van der Waals surface area contributed by atoms with Crippen LogP contribution < -0.4 is 11.1 Å². The van der Waals surface area contributed by atoms with E-state index in [4.69, 9.17) is 5.73 Å². The highest BCUT2D eigenvalue weighted by Gasteiger charge is 2.13. The summed E-state index contributed by atoms with van der Waals surface area (Å²) in [5, 5.41) is 3.05. The Morgan fingerprint density at radius 2 is 2.00 bits per heavy atom. The zero-order valence-corrected chi connectivity index (χ0v) is 7.77. The second kappa shape index (κ2) is 3.72. The zero-order valence-electron chi connectivity index (χ0n) is 7.77. The molecule has 0 rings (SSSR count). The van der Waals surface area contributed by atoms with Crippen molar-refractivity contribution in [3.05, 3.63) is 0 Å². The van der Waals surface area contributed by atoms with Crippen molar-refractivity contribution in [2.45, 2.75) is 33.7 Å². The molecule has 0 unspecified atom stereocenters. The van der Waals surface area contributed by atoms with Crippen LogP contribution in [0.15, 0.2) is 0 Å². The maximum absolute atomic E-state index is 10.6. The minimum Gasteiger partial charge on any atom is -0.368 e. The molecule has 3 heteroatoms. The van der Waals surface area contributed by atoms with Crippen LogP contribution in [0.5, 0.6) is 0 Å². The summed E-state index contributed by atoms with van der Waals surface area (Å²) in [4.78, 5) is 10.6. The first kappa shape index (κ1) is 10.4. The Kier molecular flexibility index (Phi) is 3.52. The predicted molar refractivity (Wildman–Crippen MR) is 46.1 cm³/mol. The molecule has 11 heavy (non-hydrogen) atoms. The van der Waals surface area contributed by atoms with Crippen molar-refractivity contribution in [1.29, 1.82) is 0 Å². The molecule has 0 aromatic carbocycles. The molecule has 0 aliphatic heterocycles. The van der Waals surface area contributed by atoms with Gasteiger partial charge < -0.3 is 11.1 Å². The number of hydrogen-bond acceptors (Lipinski definition) is 2. The van der Waals surface area contributed by atoms with E-state index in [1.165, 1.54) is 0 Å². The number of primary amides is 1. The highest BCUT2D eigenvalue weighted by atomic mass is 16.1. The van der Waals surface area contributed by atoms with Crippen LogP contribution in [0.3, 0.4) is 0 Å². The van der Waals surface area contributed by atoms with Gasteiger partial charge in [0.05, 0.1) is 6.04 Å². The molecular weight excluding hydrogens is 140 g/mol. The Balaban J connectivity index is 3.63. The second-order valence-electron chi connectivity index (χ2n) is 4.07. The van der Waals surface area contributed by atoms with E-state index in [9.17, 15) is 4.79 Å². The third-order valence-electron chi connectivity index (χ3n) is 1.37. The standard InChI is InChI=1S/C8H18N2O/c1-6(7(9)11)10-5-8(2,3)4/h6,10H,5H2,1-4H3,(H2,9,11)/t6-/m0/s1. The minimum atomic E-state index is -0.297. The predicted octanol–water partition coefficient (Wildman–Crippen LogP) is 0.496. The molecule has 0 fully saturated rings. The lowest BCUT2D eigenvalue weighted by Crippen LogP contribution is -2.42. The lowest BCUT2D eigenvalue weighted by atomic mass is 9.96. The van der Waals surface area contributed by atoms with Crippen LogP contribution in [0.2, 0.25) is 0 Å². The summed E-state index contributed by atoms with van der Waals surface area (Å²) in [6, 6.07) is -0.228. The van der Waals surface area contributed by atoms with Gasteiger partial charge >= 0.3 is 0 Å². The molecule has 0 saturated carbocycles. The van der Waals surface area contributed by atoms with E-state index in [0.29, 0.717) is 0 Å². The summed E-state index contributed by atoms with van der Waals surface area (Å²) < 4.78 is 0. The molecule has 0 heterocycles. The third-order valence-corrected chi connectivity index (χ3v) is 1.37. The molecule has 0 aliphatic rings. The average molecular weight is 158 g/mol. The van der Waals surface area contributed by atoms with E-state index >= 15 is 0 Å². The molecule has 0 aromatic heterocycles. The van der Waals surface area contributed by atoms with Gasteiger partial charge in [0, 0.05) is 6.54 Å². The van der Waals surface area contributed by atoms with Gasteiger partial charge in [-0.1, -0.05) is 20.8 Å². The Hall–Kier alpha value is -0.570. The molecule has 0 saturated heterocycles. The van der Waals surface area contributed by atoms with Crippen LogP contribution >= 0.6 is 0 Å². The normalized spacial score (nSPS) is 14.5. The average Bonchev–Trinajstić information content (AvgIpc) is 1.80. The van der Waals surface area contributed by atoms with Gasteiger partial charge in [0.2, 0.25) is 5.91 Å². The van der Waals surface area contributed by atoms with Crippen LogP contribution in [0, 0.1) is 5.41 Å². The lowest BCUT2D eigenvalue weighted by Gasteiger charge is -2.20. The van der Waals surface area contributed by atoms with Crippen molar-refractivity contribution >= 4 is 5.91 Å². The summed E-state index contributed by atoms with van der Waals surface area (Å²) in [5.41, 5.74) is 5.26. The number of carbonyl (C=O) groups is 1. The fourth-order valence-corrected chi connectivity index (χ4v) is 0.560. The number of amides is 1. The summed E-state index contributed by atoms with van der Waals surface area (Å²) in [6.45, 7) is 8.89. The largest absolute Gasteiger partial charge is 0.368 e. The molecule has 1 atom stereocenters.